The molecule has 1 spiro atoms. The molecule has 0 aromatic heterocycles. The molecule has 0 amide bonds. The molecule has 125 valence electrons. The van der Waals surface area contributed by atoms with Crippen LogP contribution in [0, 0.1) is 0 Å². The lowest BCUT2D eigenvalue weighted by molar-refractivity contribution is 0.615. The van der Waals surface area contributed by atoms with Crippen molar-refractivity contribution in [3.63, 3.8) is 0 Å². The van der Waals surface area contributed by atoms with Gasteiger partial charge < -0.3 is 5.02 Å². The average Bonchev–Trinajstić information content (AvgIpc) is 3.21. The maximum atomic E-state index is 9.68. The van der Waals surface area contributed by atoms with Gasteiger partial charge in [0.2, 0.25) is 0 Å². The first kappa shape index (κ1) is 15.0. The van der Waals surface area contributed by atoms with Crippen LogP contribution in [0.15, 0.2) is 91.0 Å². The van der Waals surface area contributed by atoms with Gasteiger partial charge in [-0.1, -0.05) is 96.5 Å². The number of fused-ring (bicyclic) bond motifs is 10. The van der Waals surface area contributed by atoms with Crippen LogP contribution in [0.5, 0.6) is 0 Å². The second-order valence-corrected chi connectivity index (χ2v) is 7.32. The summed E-state index contributed by atoms with van der Waals surface area (Å²) in [6.07, 6.45) is 0. The summed E-state index contributed by atoms with van der Waals surface area (Å²) in [5.41, 5.74) is 10.9. The van der Waals surface area contributed by atoms with E-state index in [0.717, 1.165) is 5.46 Å². The van der Waals surface area contributed by atoms with Gasteiger partial charge in [0.15, 0.2) is 0 Å². The Morgan fingerprint density at radius 3 is 1.44 bits per heavy atom. The molecule has 0 unspecified atom stereocenters. The van der Waals surface area contributed by atoms with Crippen molar-refractivity contribution in [2.24, 2.45) is 0 Å². The van der Waals surface area contributed by atoms with E-state index in [2.05, 4.69) is 84.9 Å². The van der Waals surface area contributed by atoms with Gasteiger partial charge in [-0.05, 0) is 44.5 Å². The second-order valence-electron chi connectivity index (χ2n) is 7.32. The Labute approximate surface area is 159 Å². The van der Waals surface area contributed by atoms with Crippen molar-refractivity contribution in [3.8, 4) is 22.3 Å². The smallest absolute Gasteiger partial charge is 0.326 e. The van der Waals surface area contributed by atoms with Crippen molar-refractivity contribution in [1.29, 1.82) is 0 Å². The third kappa shape index (κ3) is 1.69. The molecule has 4 aromatic carbocycles. The number of benzene rings is 4. The lowest BCUT2D eigenvalue weighted by Gasteiger charge is -2.30. The SMILES string of the molecule is O[B]c1ccc2c(c1)C1(c3ccccc3-c3ccccc31)c1ccccc1-2. The van der Waals surface area contributed by atoms with E-state index in [9.17, 15) is 5.02 Å². The van der Waals surface area contributed by atoms with E-state index in [0.29, 0.717) is 0 Å². The second kappa shape index (κ2) is 5.22. The van der Waals surface area contributed by atoms with Gasteiger partial charge in [-0.25, -0.2) is 0 Å². The Morgan fingerprint density at radius 1 is 0.519 bits per heavy atom. The highest BCUT2D eigenvalue weighted by molar-refractivity contribution is 6.45. The molecule has 0 aliphatic heterocycles. The summed E-state index contributed by atoms with van der Waals surface area (Å²) in [6.45, 7) is 0. The molecule has 1 nitrogen and oxygen atoms in total. The fraction of sp³-hybridized carbons (Fsp3) is 0.0400. The van der Waals surface area contributed by atoms with Gasteiger partial charge in [0.05, 0.1) is 5.41 Å². The minimum absolute atomic E-state index is 0.321. The molecular formula is C25H16BO. The largest absolute Gasteiger partial charge is 0.450 e. The van der Waals surface area contributed by atoms with Crippen LogP contribution in [-0.4, -0.2) is 12.5 Å². The maximum absolute atomic E-state index is 9.68. The molecule has 1 N–H and O–H groups in total. The Morgan fingerprint density at radius 2 is 0.963 bits per heavy atom. The molecule has 2 heteroatoms. The van der Waals surface area contributed by atoms with Crippen LogP contribution in [0.4, 0.5) is 0 Å². The lowest BCUT2D eigenvalue weighted by Crippen LogP contribution is -2.27. The summed E-state index contributed by atoms with van der Waals surface area (Å²) < 4.78 is 0. The quantitative estimate of drug-likeness (QED) is 0.442. The monoisotopic (exact) mass is 343 g/mol. The summed E-state index contributed by atoms with van der Waals surface area (Å²) in [4.78, 5) is 0. The van der Waals surface area contributed by atoms with Crippen molar-refractivity contribution >= 4 is 12.9 Å². The van der Waals surface area contributed by atoms with Crippen molar-refractivity contribution in [2.45, 2.75) is 5.41 Å². The van der Waals surface area contributed by atoms with Gasteiger partial charge in [0, 0.05) is 0 Å². The van der Waals surface area contributed by atoms with E-state index in [4.69, 9.17) is 0 Å². The van der Waals surface area contributed by atoms with Crippen LogP contribution in [0.3, 0.4) is 0 Å². The molecule has 6 rings (SSSR count). The molecule has 0 saturated carbocycles. The first-order valence-corrected chi connectivity index (χ1v) is 9.27. The van der Waals surface area contributed by atoms with E-state index in [1.807, 2.05) is 6.07 Å². The molecule has 0 fully saturated rings. The summed E-state index contributed by atoms with van der Waals surface area (Å²) >= 11 is 0. The fourth-order valence-electron chi connectivity index (χ4n) is 5.19. The zero-order chi connectivity index (χ0) is 18.0. The number of hydrogen-bond donors (Lipinski definition) is 1. The zero-order valence-corrected chi connectivity index (χ0v) is 14.7. The van der Waals surface area contributed by atoms with Gasteiger partial charge in [-0.3, -0.25) is 0 Å². The highest BCUT2D eigenvalue weighted by atomic mass is 16.2. The molecule has 0 saturated heterocycles. The van der Waals surface area contributed by atoms with Crippen LogP contribution >= 0.6 is 0 Å². The molecule has 2 aliphatic rings. The molecule has 0 bridgehead atoms. The van der Waals surface area contributed by atoms with E-state index >= 15 is 0 Å². The van der Waals surface area contributed by atoms with E-state index in [1.165, 1.54) is 52.0 Å². The minimum atomic E-state index is -0.321. The van der Waals surface area contributed by atoms with Crippen molar-refractivity contribution in [3.05, 3.63) is 113 Å². The van der Waals surface area contributed by atoms with Crippen LogP contribution in [0.1, 0.15) is 22.3 Å². The molecular weight excluding hydrogens is 327 g/mol. The van der Waals surface area contributed by atoms with Gasteiger partial charge in [-0.15, -0.1) is 0 Å². The molecule has 0 heterocycles. The molecule has 0 atom stereocenters. The van der Waals surface area contributed by atoms with E-state index < -0.39 is 0 Å². The standard InChI is InChI=1S/C25H16BO/c27-26-16-13-14-20-19-9-3-6-12-23(19)25(24(20)15-16)21-10-4-1-7-17(21)18-8-2-5-11-22(18)25/h1-15,27H. The average molecular weight is 343 g/mol. The van der Waals surface area contributed by atoms with Crippen molar-refractivity contribution in [2.75, 3.05) is 0 Å². The summed E-state index contributed by atoms with van der Waals surface area (Å²) in [7, 11) is 1.20. The summed E-state index contributed by atoms with van der Waals surface area (Å²) in [5, 5.41) is 9.68. The third-order valence-corrected chi connectivity index (χ3v) is 6.17. The summed E-state index contributed by atoms with van der Waals surface area (Å²) in [5.74, 6) is 0. The topological polar surface area (TPSA) is 20.2 Å². The van der Waals surface area contributed by atoms with Crippen LogP contribution < -0.4 is 5.46 Å². The molecule has 2 aliphatic carbocycles. The highest BCUT2D eigenvalue weighted by Gasteiger charge is 2.51. The normalized spacial score (nSPS) is 14.4. The first-order chi connectivity index (χ1) is 13.4. The maximum Gasteiger partial charge on any atom is 0.326 e. The first-order valence-electron chi connectivity index (χ1n) is 9.27. The van der Waals surface area contributed by atoms with E-state index in [-0.39, 0.29) is 5.41 Å². The van der Waals surface area contributed by atoms with Crippen LogP contribution in [-0.2, 0) is 5.41 Å². The van der Waals surface area contributed by atoms with Crippen LogP contribution in [0.2, 0.25) is 0 Å². The van der Waals surface area contributed by atoms with Crippen molar-refractivity contribution in [1.82, 2.24) is 0 Å². The van der Waals surface area contributed by atoms with Gasteiger partial charge in [0.25, 0.3) is 0 Å². The Hall–Kier alpha value is -3.10. The Kier molecular flexibility index (Phi) is 2.90. The lowest BCUT2D eigenvalue weighted by atomic mass is 9.69. The third-order valence-electron chi connectivity index (χ3n) is 6.17. The summed E-state index contributed by atoms with van der Waals surface area (Å²) in [6, 6.07) is 32.5. The predicted octanol–water partition coefficient (Wildman–Crippen LogP) is 4.27. The fourth-order valence-corrected chi connectivity index (χ4v) is 5.19. The van der Waals surface area contributed by atoms with Gasteiger partial charge in [-0.2, -0.15) is 0 Å². The predicted molar refractivity (Wildman–Crippen MR) is 110 cm³/mol. The minimum Gasteiger partial charge on any atom is -0.450 e. The Bertz CT molecular complexity index is 1160. The number of rotatable bonds is 1. The molecule has 27 heavy (non-hydrogen) atoms. The van der Waals surface area contributed by atoms with E-state index in [1.54, 1.807) is 0 Å². The van der Waals surface area contributed by atoms with Gasteiger partial charge in [0.1, 0.15) is 0 Å². The molecule has 1 radical (unpaired) electrons. The van der Waals surface area contributed by atoms with Gasteiger partial charge >= 0.3 is 7.48 Å². The number of hydrogen-bond acceptors (Lipinski definition) is 1. The highest BCUT2D eigenvalue weighted by Crippen LogP contribution is 2.62. The zero-order valence-electron chi connectivity index (χ0n) is 14.7. The van der Waals surface area contributed by atoms with Crippen LogP contribution in [0.25, 0.3) is 22.3 Å². The Balaban J connectivity index is 1.85. The van der Waals surface area contributed by atoms with Crippen molar-refractivity contribution < 1.29 is 5.02 Å². The molecule has 4 aromatic rings.